The number of carbonyl (C=O) groups is 2. The summed E-state index contributed by atoms with van der Waals surface area (Å²) in [6.07, 6.45) is 0. The van der Waals surface area contributed by atoms with E-state index in [-0.39, 0.29) is 11.6 Å². The van der Waals surface area contributed by atoms with Crippen LogP contribution in [0.1, 0.15) is 41.2 Å². The molecule has 0 bridgehead atoms. The summed E-state index contributed by atoms with van der Waals surface area (Å²) < 4.78 is 1.69. The van der Waals surface area contributed by atoms with E-state index in [1.54, 1.807) is 24.6 Å². The number of aryl methyl sites for hydroxylation is 3. The largest absolute Gasteiger partial charge is 0.480 e. The summed E-state index contributed by atoms with van der Waals surface area (Å²) in [6.45, 7) is 9.36. The molecule has 0 aliphatic rings. The summed E-state index contributed by atoms with van der Waals surface area (Å²) in [4.78, 5) is 23.6. The standard InChI is InChI=1S/C18H23N3O3/c1-10(2)16(18(23)24)19-17(22)15-9-13(5)21(20-15)14-7-11(3)6-12(4)8-14/h6-10,16H,1-5H3,(H,19,22)(H,23,24)/t16-/m1/s1. The third kappa shape index (κ3) is 3.82. The third-order valence-corrected chi connectivity index (χ3v) is 3.79. The molecule has 0 fully saturated rings. The molecule has 0 radical (unpaired) electrons. The van der Waals surface area contributed by atoms with Gasteiger partial charge in [-0.3, -0.25) is 4.79 Å². The molecule has 128 valence electrons. The van der Waals surface area contributed by atoms with Gasteiger partial charge in [-0.05, 0) is 56.0 Å². The summed E-state index contributed by atoms with van der Waals surface area (Å²) in [5.74, 6) is -1.75. The number of nitrogens with zero attached hydrogens (tertiary/aromatic N) is 2. The maximum Gasteiger partial charge on any atom is 0.326 e. The molecule has 0 aliphatic carbocycles. The molecule has 6 heteroatoms. The van der Waals surface area contributed by atoms with Crippen LogP contribution in [0.3, 0.4) is 0 Å². The Morgan fingerprint density at radius 2 is 1.67 bits per heavy atom. The van der Waals surface area contributed by atoms with E-state index >= 15 is 0 Å². The number of carbonyl (C=O) groups excluding carboxylic acids is 1. The molecule has 1 aromatic heterocycles. The van der Waals surface area contributed by atoms with Crippen molar-refractivity contribution in [3.63, 3.8) is 0 Å². The molecule has 1 amide bonds. The first-order chi connectivity index (χ1) is 11.2. The summed E-state index contributed by atoms with van der Waals surface area (Å²) >= 11 is 0. The van der Waals surface area contributed by atoms with Crippen LogP contribution in [0.5, 0.6) is 0 Å². The lowest BCUT2D eigenvalue weighted by molar-refractivity contribution is -0.140. The van der Waals surface area contributed by atoms with Crippen LogP contribution in [0.4, 0.5) is 0 Å². The average Bonchev–Trinajstić information content (AvgIpc) is 2.84. The lowest BCUT2D eigenvalue weighted by Crippen LogP contribution is -2.44. The molecule has 24 heavy (non-hydrogen) atoms. The molecule has 6 nitrogen and oxygen atoms in total. The van der Waals surface area contributed by atoms with Gasteiger partial charge in [0.2, 0.25) is 0 Å². The number of carboxylic acids is 1. The van der Waals surface area contributed by atoms with Gasteiger partial charge >= 0.3 is 5.97 Å². The Morgan fingerprint density at radius 1 is 1.08 bits per heavy atom. The lowest BCUT2D eigenvalue weighted by Gasteiger charge is -2.16. The molecule has 0 saturated heterocycles. The van der Waals surface area contributed by atoms with Gasteiger partial charge in [-0.25, -0.2) is 9.48 Å². The van der Waals surface area contributed by atoms with Crippen LogP contribution in [0.25, 0.3) is 5.69 Å². The van der Waals surface area contributed by atoms with E-state index in [1.165, 1.54) is 0 Å². The van der Waals surface area contributed by atoms with E-state index in [4.69, 9.17) is 0 Å². The number of rotatable bonds is 5. The SMILES string of the molecule is Cc1cc(C)cc(-n2nc(C(=O)N[C@@H](C(=O)O)C(C)C)cc2C)c1. The minimum Gasteiger partial charge on any atom is -0.480 e. The zero-order chi connectivity index (χ0) is 18.0. The second-order valence-corrected chi connectivity index (χ2v) is 6.46. The van der Waals surface area contributed by atoms with Crippen molar-refractivity contribution in [3.05, 3.63) is 46.8 Å². The van der Waals surface area contributed by atoms with Gasteiger partial charge in [0, 0.05) is 5.69 Å². The van der Waals surface area contributed by atoms with E-state index < -0.39 is 17.9 Å². The van der Waals surface area contributed by atoms with E-state index in [2.05, 4.69) is 16.5 Å². The number of carboxylic acid groups (broad SMARTS) is 1. The Labute approximate surface area is 141 Å². The van der Waals surface area contributed by atoms with E-state index in [0.717, 1.165) is 22.5 Å². The molecule has 1 atom stereocenters. The number of aliphatic carboxylic acids is 1. The fraction of sp³-hybridized carbons (Fsp3) is 0.389. The molecular formula is C18H23N3O3. The lowest BCUT2D eigenvalue weighted by atomic mass is 10.0. The molecule has 1 aromatic carbocycles. The number of amides is 1. The van der Waals surface area contributed by atoms with Gasteiger partial charge in [0.05, 0.1) is 5.69 Å². The molecule has 2 N–H and O–H groups in total. The smallest absolute Gasteiger partial charge is 0.326 e. The summed E-state index contributed by atoms with van der Waals surface area (Å²) in [7, 11) is 0. The van der Waals surface area contributed by atoms with Crippen molar-refractivity contribution in [2.45, 2.75) is 40.7 Å². The Kier molecular flexibility index (Phi) is 5.07. The second kappa shape index (κ2) is 6.86. The van der Waals surface area contributed by atoms with Gasteiger partial charge in [0.25, 0.3) is 5.91 Å². The monoisotopic (exact) mass is 329 g/mol. The van der Waals surface area contributed by atoms with Crippen LogP contribution >= 0.6 is 0 Å². The highest BCUT2D eigenvalue weighted by Crippen LogP contribution is 2.16. The normalized spacial score (nSPS) is 12.2. The predicted molar refractivity (Wildman–Crippen MR) is 91.5 cm³/mol. The fourth-order valence-electron chi connectivity index (χ4n) is 2.65. The Bertz CT molecular complexity index is 758. The van der Waals surface area contributed by atoms with Gasteiger partial charge in [-0.2, -0.15) is 5.10 Å². The topological polar surface area (TPSA) is 84.2 Å². The summed E-state index contributed by atoms with van der Waals surface area (Å²) in [5.41, 5.74) is 4.11. The average molecular weight is 329 g/mol. The van der Waals surface area contributed by atoms with E-state index in [0.29, 0.717) is 0 Å². The first-order valence-corrected chi connectivity index (χ1v) is 7.88. The highest BCUT2D eigenvalue weighted by molar-refractivity contribution is 5.95. The third-order valence-electron chi connectivity index (χ3n) is 3.79. The van der Waals surface area contributed by atoms with Crippen molar-refractivity contribution < 1.29 is 14.7 Å². The molecule has 0 unspecified atom stereocenters. The minimum absolute atomic E-state index is 0.207. The summed E-state index contributed by atoms with van der Waals surface area (Å²) in [5, 5.41) is 16.1. The van der Waals surface area contributed by atoms with Gasteiger partial charge in [0.15, 0.2) is 5.69 Å². The molecule has 2 rings (SSSR count). The maximum absolute atomic E-state index is 12.3. The zero-order valence-corrected chi connectivity index (χ0v) is 14.6. The second-order valence-electron chi connectivity index (χ2n) is 6.46. The Morgan fingerprint density at radius 3 is 2.17 bits per heavy atom. The number of hydrogen-bond acceptors (Lipinski definition) is 3. The number of nitrogens with one attached hydrogen (secondary N) is 1. The van der Waals surface area contributed by atoms with Crippen molar-refractivity contribution >= 4 is 11.9 Å². The van der Waals surface area contributed by atoms with Crippen LogP contribution in [-0.2, 0) is 4.79 Å². The van der Waals surface area contributed by atoms with Crippen LogP contribution in [0.2, 0.25) is 0 Å². The molecule has 2 aromatic rings. The van der Waals surface area contributed by atoms with E-state index in [9.17, 15) is 14.7 Å². The molecule has 1 heterocycles. The van der Waals surface area contributed by atoms with Crippen LogP contribution in [0.15, 0.2) is 24.3 Å². The number of benzene rings is 1. The molecule has 0 saturated carbocycles. The molecule has 0 aliphatic heterocycles. The summed E-state index contributed by atoms with van der Waals surface area (Å²) in [6, 6.07) is 6.76. The first-order valence-electron chi connectivity index (χ1n) is 7.88. The van der Waals surface area contributed by atoms with Crippen LogP contribution in [-0.4, -0.2) is 32.8 Å². The fourth-order valence-corrected chi connectivity index (χ4v) is 2.65. The van der Waals surface area contributed by atoms with Gasteiger partial charge in [-0.15, -0.1) is 0 Å². The van der Waals surface area contributed by atoms with Crippen LogP contribution in [0, 0.1) is 26.7 Å². The highest BCUT2D eigenvalue weighted by atomic mass is 16.4. The maximum atomic E-state index is 12.3. The van der Waals surface area contributed by atoms with Crippen molar-refractivity contribution in [3.8, 4) is 5.69 Å². The predicted octanol–water partition coefficient (Wildman–Crippen LogP) is 2.64. The van der Waals surface area contributed by atoms with Crippen molar-refractivity contribution in [2.75, 3.05) is 0 Å². The Hall–Kier alpha value is -2.63. The highest BCUT2D eigenvalue weighted by Gasteiger charge is 2.25. The first kappa shape index (κ1) is 17.7. The molecular weight excluding hydrogens is 306 g/mol. The quantitative estimate of drug-likeness (QED) is 0.883. The van der Waals surface area contributed by atoms with E-state index in [1.807, 2.05) is 32.9 Å². The number of aromatic nitrogens is 2. The van der Waals surface area contributed by atoms with Crippen molar-refractivity contribution in [1.82, 2.24) is 15.1 Å². The van der Waals surface area contributed by atoms with Crippen molar-refractivity contribution in [2.24, 2.45) is 5.92 Å². The van der Waals surface area contributed by atoms with Gasteiger partial charge in [-0.1, -0.05) is 19.9 Å². The Balaban J connectivity index is 2.31. The minimum atomic E-state index is -1.05. The van der Waals surface area contributed by atoms with Crippen LogP contribution < -0.4 is 5.32 Å². The number of hydrogen-bond donors (Lipinski definition) is 2. The zero-order valence-electron chi connectivity index (χ0n) is 14.6. The van der Waals surface area contributed by atoms with Crippen molar-refractivity contribution in [1.29, 1.82) is 0 Å². The molecule has 0 spiro atoms. The van der Waals surface area contributed by atoms with Gasteiger partial charge < -0.3 is 10.4 Å². The van der Waals surface area contributed by atoms with Gasteiger partial charge in [0.1, 0.15) is 6.04 Å².